The Morgan fingerprint density at radius 3 is 2.32 bits per heavy atom. The second-order valence-corrected chi connectivity index (χ2v) is 9.97. The van der Waals surface area contributed by atoms with E-state index in [0.717, 1.165) is 45.1 Å². The minimum absolute atomic E-state index is 0.308. The van der Waals surface area contributed by atoms with Crippen molar-refractivity contribution in [3.63, 3.8) is 0 Å². The molecule has 0 aliphatic carbocycles. The summed E-state index contributed by atoms with van der Waals surface area (Å²) in [6.45, 7) is 9.98. The van der Waals surface area contributed by atoms with Crippen molar-refractivity contribution in [2.75, 3.05) is 0 Å². The Labute approximate surface area is 227 Å². The van der Waals surface area contributed by atoms with E-state index in [4.69, 9.17) is 11.6 Å². The number of rotatable bonds is 8. The normalized spacial score (nSPS) is 11.0. The van der Waals surface area contributed by atoms with Gasteiger partial charge in [-0.05, 0) is 77.6 Å². The molecule has 0 aliphatic heterocycles. The van der Waals surface area contributed by atoms with Gasteiger partial charge in [0, 0.05) is 40.4 Å². The Morgan fingerprint density at radius 1 is 0.921 bits per heavy atom. The first kappa shape index (κ1) is 25.4. The molecule has 0 bridgehead atoms. The van der Waals surface area contributed by atoms with E-state index in [9.17, 15) is 9.90 Å². The first-order valence-corrected chi connectivity index (χ1v) is 12.9. The molecule has 0 saturated heterocycles. The molecule has 0 fully saturated rings. The van der Waals surface area contributed by atoms with Crippen LogP contribution in [0, 0.1) is 13.8 Å². The number of aryl methyl sites for hydroxylation is 1. The first-order chi connectivity index (χ1) is 18.3. The standard InChI is InChI=1S/C33H29ClN2O2/c1-21-23(3)36(20-25-8-12-26(13-9-25)29-6-4-5-7-30(29)33(37)38)32-17-14-27(18-31(21)32)22(2)35-19-24-10-15-28(34)16-11-24/h4-18,35H,2,19-20H2,1,3H3,(H,37,38). The van der Waals surface area contributed by atoms with Crippen LogP contribution in [-0.4, -0.2) is 15.6 Å². The summed E-state index contributed by atoms with van der Waals surface area (Å²) in [6, 6.07) is 29.5. The number of aromatic nitrogens is 1. The van der Waals surface area contributed by atoms with Crippen molar-refractivity contribution in [3.8, 4) is 11.1 Å². The van der Waals surface area contributed by atoms with E-state index >= 15 is 0 Å². The zero-order valence-corrected chi connectivity index (χ0v) is 22.2. The summed E-state index contributed by atoms with van der Waals surface area (Å²) < 4.78 is 2.33. The fourth-order valence-electron chi connectivity index (χ4n) is 4.85. The largest absolute Gasteiger partial charge is 0.478 e. The van der Waals surface area contributed by atoms with Crippen LogP contribution in [0.4, 0.5) is 0 Å². The monoisotopic (exact) mass is 520 g/mol. The Hall–Kier alpha value is -4.28. The number of nitrogens with zero attached hydrogens (tertiary/aromatic N) is 1. The Morgan fingerprint density at radius 2 is 1.61 bits per heavy atom. The zero-order chi connectivity index (χ0) is 26.8. The molecule has 0 atom stereocenters. The third-order valence-electron chi connectivity index (χ3n) is 7.17. The molecule has 5 heteroatoms. The topological polar surface area (TPSA) is 54.3 Å². The summed E-state index contributed by atoms with van der Waals surface area (Å²) in [5.41, 5.74) is 9.81. The van der Waals surface area contributed by atoms with Crippen LogP contribution in [-0.2, 0) is 13.1 Å². The van der Waals surface area contributed by atoms with E-state index < -0.39 is 5.97 Å². The van der Waals surface area contributed by atoms with Gasteiger partial charge in [0.2, 0.25) is 0 Å². The van der Waals surface area contributed by atoms with Gasteiger partial charge in [0.15, 0.2) is 0 Å². The number of carboxylic acid groups (broad SMARTS) is 1. The SMILES string of the molecule is C=C(NCc1ccc(Cl)cc1)c1ccc2c(c1)c(C)c(C)n2Cc1ccc(-c2ccccc2C(=O)O)cc1. The van der Waals surface area contributed by atoms with Gasteiger partial charge >= 0.3 is 5.97 Å². The number of carbonyl (C=O) groups is 1. The number of benzene rings is 4. The van der Waals surface area contributed by atoms with Crippen LogP contribution >= 0.6 is 11.6 Å². The van der Waals surface area contributed by atoms with Crippen molar-refractivity contribution in [2.24, 2.45) is 0 Å². The maximum atomic E-state index is 11.6. The Bertz CT molecular complexity index is 1650. The van der Waals surface area contributed by atoms with E-state index in [-0.39, 0.29) is 0 Å². The second kappa shape index (κ2) is 10.6. The molecule has 5 aromatic rings. The van der Waals surface area contributed by atoms with E-state index in [1.54, 1.807) is 12.1 Å². The lowest BCUT2D eigenvalue weighted by Gasteiger charge is -2.12. The molecular weight excluding hydrogens is 492 g/mol. The smallest absolute Gasteiger partial charge is 0.336 e. The molecule has 1 aromatic heterocycles. The van der Waals surface area contributed by atoms with Gasteiger partial charge < -0.3 is 15.0 Å². The van der Waals surface area contributed by atoms with E-state index in [0.29, 0.717) is 12.1 Å². The van der Waals surface area contributed by atoms with Crippen LogP contribution in [0.15, 0.2) is 97.6 Å². The van der Waals surface area contributed by atoms with Gasteiger partial charge in [0.05, 0.1) is 5.56 Å². The van der Waals surface area contributed by atoms with Gasteiger partial charge in [-0.3, -0.25) is 0 Å². The zero-order valence-electron chi connectivity index (χ0n) is 21.5. The number of hydrogen-bond donors (Lipinski definition) is 2. The minimum Gasteiger partial charge on any atom is -0.478 e. The minimum atomic E-state index is -0.920. The molecule has 0 saturated carbocycles. The summed E-state index contributed by atoms with van der Waals surface area (Å²) >= 11 is 6.00. The highest BCUT2D eigenvalue weighted by atomic mass is 35.5. The lowest BCUT2D eigenvalue weighted by molar-refractivity contribution is 0.0697. The molecule has 0 amide bonds. The fraction of sp³-hybridized carbons (Fsp3) is 0.121. The highest BCUT2D eigenvalue weighted by molar-refractivity contribution is 6.30. The van der Waals surface area contributed by atoms with Crippen LogP contribution in [0.5, 0.6) is 0 Å². The van der Waals surface area contributed by atoms with Gasteiger partial charge in [-0.15, -0.1) is 0 Å². The van der Waals surface area contributed by atoms with Crippen LogP contribution < -0.4 is 5.32 Å². The predicted octanol–water partition coefficient (Wildman–Crippen LogP) is 8.09. The molecule has 0 aliphatic rings. The predicted molar refractivity (Wildman–Crippen MR) is 157 cm³/mol. The van der Waals surface area contributed by atoms with Crippen LogP contribution in [0.3, 0.4) is 0 Å². The van der Waals surface area contributed by atoms with Gasteiger partial charge in [-0.25, -0.2) is 4.79 Å². The van der Waals surface area contributed by atoms with Crippen molar-refractivity contribution in [1.29, 1.82) is 0 Å². The average Bonchev–Trinajstić information content (AvgIpc) is 3.17. The quantitative estimate of drug-likeness (QED) is 0.217. The molecule has 38 heavy (non-hydrogen) atoms. The summed E-state index contributed by atoms with van der Waals surface area (Å²) in [7, 11) is 0. The highest BCUT2D eigenvalue weighted by Crippen LogP contribution is 2.30. The number of fused-ring (bicyclic) bond motifs is 1. The molecule has 190 valence electrons. The molecular formula is C33H29ClN2O2. The molecule has 5 rings (SSSR count). The van der Waals surface area contributed by atoms with Crippen LogP contribution in [0.1, 0.15) is 38.3 Å². The molecule has 2 N–H and O–H groups in total. The second-order valence-electron chi connectivity index (χ2n) is 9.53. The average molecular weight is 521 g/mol. The van der Waals surface area contributed by atoms with Crippen molar-refractivity contribution < 1.29 is 9.90 Å². The van der Waals surface area contributed by atoms with Crippen molar-refractivity contribution in [3.05, 3.63) is 136 Å². The summed E-state index contributed by atoms with van der Waals surface area (Å²) in [6.07, 6.45) is 0. The maximum absolute atomic E-state index is 11.6. The third-order valence-corrected chi connectivity index (χ3v) is 7.42. The molecule has 0 spiro atoms. The molecule has 0 unspecified atom stereocenters. The van der Waals surface area contributed by atoms with E-state index in [1.807, 2.05) is 48.5 Å². The number of hydrogen-bond acceptors (Lipinski definition) is 2. The molecule has 4 aromatic carbocycles. The highest BCUT2D eigenvalue weighted by Gasteiger charge is 2.14. The van der Waals surface area contributed by atoms with Crippen molar-refractivity contribution in [2.45, 2.75) is 26.9 Å². The maximum Gasteiger partial charge on any atom is 0.336 e. The van der Waals surface area contributed by atoms with Crippen LogP contribution in [0.25, 0.3) is 27.7 Å². The Balaban J connectivity index is 1.37. The van der Waals surface area contributed by atoms with Gasteiger partial charge in [-0.2, -0.15) is 0 Å². The van der Waals surface area contributed by atoms with Crippen LogP contribution in [0.2, 0.25) is 5.02 Å². The van der Waals surface area contributed by atoms with E-state index in [1.165, 1.54) is 22.2 Å². The lowest BCUT2D eigenvalue weighted by Crippen LogP contribution is -2.10. The fourth-order valence-corrected chi connectivity index (χ4v) is 4.97. The van der Waals surface area contributed by atoms with Crippen molar-refractivity contribution in [1.82, 2.24) is 9.88 Å². The van der Waals surface area contributed by atoms with Gasteiger partial charge in [-0.1, -0.05) is 78.8 Å². The molecule has 0 radical (unpaired) electrons. The number of halogens is 1. The Kier molecular flexibility index (Phi) is 7.08. The number of aromatic carboxylic acids is 1. The van der Waals surface area contributed by atoms with Crippen molar-refractivity contribution >= 4 is 34.2 Å². The number of nitrogens with one attached hydrogen (secondary N) is 1. The van der Waals surface area contributed by atoms with Gasteiger partial charge in [0.1, 0.15) is 0 Å². The lowest BCUT2D eigenvalue weighted by atomic mass is 9.99. The van der Waals surface area contributed by atoms with E-state index in [2.05, 4.69) is 60.6 Å². The first-order valence-electron chi connectivity index (χ1n) is 12.5. The summed E-state index contributed by atoms with van der Waals surface area (Å²) in [4.78, 5) is 11.6. The summed E-state index contributed by atoms with van der Waals surface area (Å²) in [5.74, 6) is -0.920. The molecule has 1 heterocycles. The van der Waals surface area contributed by atoms with Gasteiger partial charge in [0.25, 0.3) is 0 Å². The third kappa shape index (κ3) is 5.09. The molecule has 4 nitrogen and oxygen atoms in total. The number of carboxylic acids is 1. The summed E-state index contributed by atoms with van der Waals surface area (Å²) in [5, 5.41) is 14.9.